The Kier molecular flexibility index (Phi) is 8.03. The number of nitrogens with one attached hydrogen (secondary N) is 1. The van der Waals surface area contributed by atoms with Crippen molar-refractivity contribution in [2.24, 2.45) is 5.92 Å². The number of nitrogens with zero attached hydrogens (tertiary/aromatic N) is 1. The normalized spacial score (nSPS) is 14.4. The monoisotopic (exact) mass is 492 g/mol. The molecule has 2 unspecified atom stereocenters. The largest absolute Gasteiger partial charge is 0.481 e. The van der Waals surface area contributed by atoms with Crippen LogP contribution in [0.3, 0.4) is 0 Å². The van der Waals surface area contributed by atoms with Crippen molar-refractivity contribution in [2.45, 2.75) is 38.4 Å². The van der Waals surface area contributed by atoms with Crippen LogP contribution in [-0.4, -0.2) is 59.9 Å². The number of ether oxygens (including phenoxy) is 1. The van der Waals surface area contributed by atoms with Crippen LogP contribution in [0, 0.1) is 5.92 Å². The number of carboxylic acid groups (broad SMARTS) is 1. The van der Waals surface area contributed by atoms with Crippen molar-refractivity contribution in [3.63, 3.8) is 0 Å². The molecule has 0 radical (unpaired) electrons. The summed E-state index contributed by atoms with van der Waals surface area (Å²) in [6, 6.07) is 13.3. The zero-order valence-corrected chi connectivity index (χ0v) is 19.3. The molecule has 188 valence electrons. The number of alkyl carbamates (subject to hydrolysis) is 1. The van der Waals surface area contributed by atoms with Gasteiger partial charge in [-0.15, -0.1) is 0 Å². The van der Waals surface area contributed by atoms with Crippen LogP contribution < -0.4 is 5.32 Å². The maximum absolute atomic E-state index is 13.2. The van der Waals surface area contributed by atoms with Gasteiger partial charge in [0.1, 0.15) is 12.6 Å². The average Bonchev–Trinajstić information content (AvgIpc) is 3.13. The molecule has 2 N–H and O–H groups in total. The minimum atomic E-state index is -4.74. The van der Waals surface area contributed by atoms with Crippen molar-refractivity contribution in [3.05, 3.63) is 59.7 Å². The Morgan fingerprint density at radius 3 is 2.09 bits per heavy atom. The summed E-state index contributed by atoms with van der Waals surface area (Å²) < 4.78 is 44.8. The molecule has 0 fully saturated rings. The summed E-state index contributed by atoms with van der Waals surface area (Å²) in [5.74, 6) is -3.49. The van der Waals surface area contributed by atoms with Gasteiger partial charge in [0.15, 0.2) is 0 Å². The second kappa shape index (κ2) is 10.8. The van der Waals surface area contributed by atoms with Gasteiger partial charge in [0, 0.05) is 19.0 Å². The van der Waals surface area contributed by atoms with Crippen molar-refractivity contribution in [1.29, 1.82) is 0 Å². The predicted octanol–water partition coefficient (Wildman–Crippen LogP) is 4.42. The Morgan fingerprint density at radius 1 is 1.06 bits per heavy atom. The number of amides is 2. The van der Waals surface area contributed by atoms with Crippen molar-refractivity contribution in [3.8, 4) is 11.1 Å². The molecule has 0 bridgehead atoms. The summed E-state index contributed by atoms with van der Waals surface area (Å²) in [4.78, 5) is 37.4. The number of carboxylic acids is 1. The Labute approximate surface area is 200 Å². The third kappa shape index (κ3) is 6.32. The highest BCUT2D eigenvalue weighted by atomic mass is 19.4. The molecule has 0 saturated heterocycles. The molecule has 10 heteroatoms. The van der Waals surface area contributed by atoms with Gasteiger partial charge in [0.05, 0.1) is 12.3 Å². The van der Waals surface area contributed by atoms with Crippen LogP contribution in [0.25, 0.3) is 11.1 Å². The highest BCUT2D eigenvalue weighted by Gasteiger charge is 2.39. The molecule has 0 aliphatic heterocycles. The van der Waals surface area contributed by atoms with E-state index in [1.807, 2.05) is 53.8 Å². The first-order valence-corrected chi connectivity index (χ1v) is 11.2. The minimum absolute atomic E-state index is 0.0167. The summed E-state index contributed by atoms with van der Waals surface area (Å²) in [6.45, 7) is 2.43. The van der Waals surface area contributed by atoms with E-state index in [2.05, 4.69) is 0 Å². The van der Waals surface area contributed by atoms with Crippen molar-refractivity contribution < 1.29 is 37.4 Å². The van der Waals surface area contributed by atoms with Gasteiger partial charge in [-0.3, -0.25) is 9.59 Å². The SMILES string of the molecule is CCN(CC(C)C(=O)O)C(=O)C(CC(F)(F)F)NC(=O)OCC1c2ccccc2-c2ccccc21. The highest BCUT2D eigenvalue weighted by Crippen LogP contribution is 2.44. The first kappa shape index (κ1) is 26.1. The quantitative estimate of drug-likeness (QED) is 0.541. The molecule has 0 aromatic heterocycles. The van der Waals surface area contributed by atoms with E-state index >= 15 is 0 Å². The molecular formula is C25H27F3N2O5. The zero-order chi connectivity index (χ0) is 25.8. The third-order valence-corrected chi connectivity index (χ3v) is 5.98. The van der Waals surface area contributed by atoms with Crippen molar-refractivity contribution in [1.82, 2.24) is 10.2 Å². The van der Waals surface area contributed by atoms with Crippen molar-refractivity contribution in [2.75, 3.05) is 19.7 Å². The summed E-state index contributed by atoms with van der Waals surface area (Å²) in [7, 11) is 0. The number of alkyl halides is 3. The van der Waals surface area contributed by atoms with E-state index in [4.69, 9.17) is 9.84 Å². The zero-order valence-electron chi connectivity index (χ0n) is 19.3. The van der Waals surface area contributed by atoms with Gasteiger partial charge in [-0.25, -0.2) is 4.79 Å². The van der Waals surface area contributed by atoms with Crippen LogP contribution in [0.1, 0.15) is 37.3 Å². The molecular weight excluding hydrogens is 465 g/mol. The number of hydrogen-bond acceptors (Lipinski definition) is 4. The molecule has 1 aliphatic rings. The summed E-state index contributed by atoms with van der Waals surface area (Å²) in [6.07, 6.45) is -7.50. The van der Waals surface area contributed by atoms with Crippen LogP contribution in [0.15, 0.2) is 48.5 Å². The number of aliphatic carboxylic acids is 1. The lowest BCUT2D eigenvalue weighted by Gasteiger charge is -2.28. The summed E-state index contributed by atoms with van der Waals surface area (Å²) >= 11 is 0. The van der Waals surface area contributed by atoms with Crippen molar-refractivity contribution >= 4 is 18.0 Å². The standard InChI is InChI=1S/C25H27F3N2O5/c1-3-30(13-15(2)23(32)33)22(31)21(12-25(26,27)28)29-24(34)35-14-20-18-10-6-4-8-16(18)17-9-5-7-11-19(17)20/h4-11,15,20-21H,3,12-14H2,1-2H3,(H,29,34)(H,32,33). The van der Waals surface area contributed by atoms with Crippen LogP contribution in [0.2, 0.25) is 0 Å². The summed E-state index contributed by atoms with van der Waals surface area (Å²) in [5.41, 5.74) is 3.86. The van der Waals surface area contributed by atoms with Gasteiger partial charge in [-0.1, -0.05) is 55.5 Å². The lowest BCUT2D eigenvalue weighted by atomic mass is 9.98. The smallest absolute Gasteiger partial charge is 0.407 e. The van der Waals surface area contributed by atoms with Gasteiger partial charge in [-0.05, 0) is 29.2 Å². The Hall–Kier alpha value is -3.56. The lowest BCUT2D eigenvalue weighted by Crippen LogP contribution is -2.51. The lowest BCUT2D eigenvalue weighted by molar-refractivity contribution is -0.155. The molecule has 0 saturated carbocycles. The molecule has 3 rings (SSSR count). The van der Waals surface area contributed by atoms with Crippen LogP contribution in [0.4, 0.5) is 18.0 Å². The Morgan fingerprint density at radius 2 is 1.60 bits per heavy atom. The molecule has 35 heavy (non-hydrogen) atoms. The fourth-order valence-electron chi connectivity index (χ4n) is 4.22. The molecule has 2 aromatic carbocycles. The van der Waals surface area contributed by atoms with E-state index in [9.17, 15) is 27.6 Å². The molecule has 0 spiro atoms. The van der Waals surface area contributed by atoms with Gasteiger partial charge < -0.3 is 20.1 Å². The number of halogens is 3. The fraction of sp³-hybridized carbons (Fsp3) is 0.400. The molecule has 0 heterocycles. The van der Waals surface area contributed by atoms with Gasteiger partial charge in [-0.2, -0.15) is 13.2 Å². The maximum Gasteiger partial charge on any atom is 0.407 e. The van der Waals surface area contributed by atoms with E-state index in [-0.39, 0.29) is 25.6 Å². The molecule has 7 nitrogen and oxygen atoms in total. The van der Waals surface area contributed by atoms with Gasteiger partial charge in [0.25, 0.3) is 0 Å². The number of rotatable bonds is 9. The van der Waals surface area contributed by atoms with E-state index in [1.54, 1.807) is 0 Å². The first-order chi connectivity index (χ1) is 16.5. The van der Waals surface area contributed by atoms with E-state index in [0.717, 1.165) is 27.2 Å². The van der Waals surface area contributed by atoms with Crippen LogP contribution in [0.5, 0.6) is 0 Å². The Balaban J connectivity index is 1.71. The van der Waals surface area contributed by atoms with E-state index < -0.39 is 42.5 Å². The fourth-order valence-corrected chi connectivity index (χ4v) is 4.22. The van der Waals surface area contributed by atoms with Crippen LogP contribution >= 0.6 is 0 Å². The molecule has 2 aromatic rings. The summed E-state index contributed by atoms with van der Waals surface area (Å²) in [5, 5.41) is 11.1. The number of carbonyl (C=O) groups excluding carboxylic acids is 2. The second-order valence-corrected chi connectivity index (χ2v) is 8.46. The van der Waals surface area contributed by atoms with Crippen LogP contribution in [-0.2, 0) is 14.3 Å². The third-order valence-electron chi connectivity index (χ3n) is 5.98. The number of benzene rings is 2. The number of carbonyl (C=O) groups is 3. The molecule has 2 atom stereocenters. The predicted molar refractivity (Wildman–Crippen MR) is 122 cm³/mol. The topological polar surface area (TPSA) is 95.9 Å². The van der Waals surface area contributed by atoms with E-state index in [1.165, 1.54) is 13.8 Å². The number of hydrogen-bond donors (Lipinski definition) is 2. The number of fused-ring (bicyclic) bond motifs is 3. The van der Waals surface area contributed by atoms with Gasteiger partial charge in [0.2, 0.25) is 5.91 Å². The second-order valence-electron chi connectivity index (χ2n) is 8.46. The Bertz CT molecular complexity index is 1040. The molecule has 1 aliphatic carbocycles. The maximum atomic E-state index is 13.2. The average molecular weight is 492 g/mol. The number of likely N-dealkylation sites (N-methyl/N-ethyl adjacent to an activating group) is 1. The first-order valence-electron chi connectivity index (χ1n) is 11.2. The molecule has 2 amide bonds. The van der Waals surface area contributed by atoms with Gasteiger partial charge >= 0.3 is 18.2 Å². The minimum Gasteiger partial charge on any atom is -0.481 e. The van der Waals surface area contributed by atoms with E-state index in [0.29, 0.717) is 0 Å². The highest BCUT2D eigenvalue weighted by molar-refractivity contribution is 5.86.